The quantitative estimate of drug-likeness (QED) is 0.883. The molecule has 3 nitrogen and oxygen atoms in total. The lowest BCUT2D eigenvalue weighted by Gasteiger charge is -2.29. The maximum Gasteiger partial charge on any atom is 0.279 e. The number of anilines is 1. The second-order valence-electron chi connectivity index (χ2n) is 5.16. The predicted octanol–water partition coefficient (Wildman–Crippen LogP) is 2.39. The Kier molecular flexibility index (Phi) is 5.08. The number of piperidine rings is 1. The largest absolute Gasteiger partial charge is 0.325 e. The third kappa shape index (κ3) is 4.10. The summed E-state index contributed by atoms with van der Waals surface area (Å²) in [5.41, 5.74) is 0.698. The Morgan fingerprint density at radius 2 is 2.16 bits per heavy atom. The third-order valence-electron chi connectivity index (χ3n) is 3.67. The molecule has 1 fully saturated rings. The maximum absolute atomic E-state index is 12.0. The van der Waals surface area contributed by atoms with Gasteiger partial charge in [-0.05, 0) is 44.4 Å². The zero-order chi connectivity index (χ0) is 13.8. The molecule has 0 aliphatic carbocycles. The highest BCUT2D eigenvalue weighted by Crippen LogP contribution is 2.24. The van der Waals surface area contributed by atoms with E-state index in [-0.39, 0.29) is 5.91 Å². The lowest BCUT2D eigenvalue weighted by Crippen LogP contribution is -3.17. The maximum atomic E-state index is 12.0. The molecule has 1 heterocycles. The lowest BCUT2D eigenvalue weighted by molar-refractivity contribution is -0.920. The molecule has 1 aliphatic heterocycles. The highest BCUT2D eigenvalue weighted by molar-refractivity contribution is 6.42. The molecule has 2 atom stereocenters. The van der Waals surface area contributed by atoms with Crippen LogP contribution in [0.25, 0.3) is 0 Å². The lowest BCUT2D eigenvalue weighted by atomic mass is 10.0. The van der Waals surface area contributed by atoms with E-state index in [2.05, 4.69) is 12.2 Å². The fourth-order valence-corrected chi connectivity index (χ4v) is 2.80. The summed E-state index contributed by atoms with van der Waals surface area (Å²) >= 11 is 11.8. The minimum Gasteiger partial charge on any atom is -0.325 e. The first kappa shape index (κ1) is 14.6. The number of carbonyl (C=O) groups excluding carboxylic acids is 1. The number of halogens is 2. The molecule has 2 N–H and O–H groups in total. The van der Waals surface area contributed by atoms with Crippen LogP contribution in [-0.2, 0) is 4.79 Å². The van der Waals surface area contributed by atoms with E-state index in [0.717, 1.165) is 6.54 Å². The number of carbonyl (C=O) groups is 1. The van der Waals surface area contributed by atoms with Crippen molar-refractivity contribution in [1.82, 2.24) is 0 Å². The van der Waals surface area contributed by atoms with Gasteiger partial charge in [0.1, 0.15) is 0 Å². The Hall–Kier alpha value is -0.770. The van der Waals surface area contributed by atoms with Crippen molar-refractivity contribution < 1.29 is 9.69 Å². The summed E-state index contributed by atoms with van der Waals surface area (Å²) in [7, 11) is 0. The van der Waals surface area contributed by atoms with Gasteiger partial charge in [-0.15, -0.1) is 0 Å². The van der Waals surface area contributed by atoms with Gasteiger partial charge in [-0.1, -0.05) is 23.2 Å². The summed E-state index contributed by atoms with van der Waals surface area (Å²) in [5.74, 6) is 0.0298. The zero-order valence-electron chi connectivity index (χ0n) is 11.0. The molecule has 1 aromatic carbocycles. The molecule has 1 aliphatic rings. The molecule has 0 bridgehead atoms. The summed E-state index contributed by atoms with van der Waals surface area (Å²) < 4.78 is 0. The normalized spacial score (nSPS) is 23.1. The van der Waals surface area contributed by atoms with E-state index in [1.165, 1.54) is 24.2 Å². The molecule has 104 valence electrons. The van der Waals surface area contributed by atoms with E-state index in [9.17, 15) is 4.79 Å². The predicted molar refractivity (Wildman–Crippen MR) is 79.1 cm³/mol. The van der Waals surface area contributed by atoms with E-state index in [1.807, 2.05) is 0 Å². The molecule has 0 radical (unpaired) electrons. The molecule has 5 heteroatoms. The van der Waals surface area contributed by atoms with Crippen molar-refractivity contribution in [3.8, 4) is 0 Å². The summed E-state index contributed by atoms with van der Waals surface area (Å²) in [5, 5.41) is 3.83. The number of likely N-dealkylation sites (tertiary alicyclic amines) is 1. The first-order chi connectivity index (χ1) is 9.06. The van der Waals surface area contributed by atoms with Crippen LogP contribution in [0.5, 0.6) is 0 Å². The SMILES string of the molecule is C[C@H]1CCCC[NH+]1CC(=O)Nc1ccc(Cl)c(Cl)c1. The van der Waals surface area contributed by atoms with Gasteiger partial charge in [0.15, 0.2) is 6.54 Å². The van der Waals surface area contributed by atoms with Gasteiger partial charge in [0.25, 0.3) is 5.91 Å². The van der Waals surface area contributed by atoms with Crippen molar-refractivity contribution in [3.63, 3.8) is 0 Å². The van der Waals surface area contributed by atoms with Gasteiger partial charge in [-0.2, -0.15) is 0 Å². The molecule has 19 heavy (non-hydrogen) atoms. The smallest absolute Gasteiger partial charge is 0.279 e. The number of quaternary nitrogens is 1. The molecular formula is C14H19Cl2N2O+. The van der Waals surface area contributed by atoms with Crippen LogP contribution >= 0.6 is 23.2 Å². The molecule has 1 saturated heterocycles. The molecule has 1 aromatic rings. The molecule has 2 rings (SSSR count). The molecule has 1 amide bonds. The van der Waals surface area contributed by atoms with Crippen LogP contribution in [-0.4, -0.2) is 25.0 Å². The molecule has 0 spiro atoms. The van der Waals surface area contributed by atoms with Crippen molar-refractivity contribution in [2.24, 2.45) is 0 Å². The Bertz CT molecular complexity index is 465. The molecule has 0 aromatic heterocycles. The zero-order valence-corrected chi connectivity index (χ0v) is 12.5. The van der Waals surface area contributed by atoms with Gasteiger partial charge >= 0.3 is 0 Å². The Morgan fingerprint density at radius 1 is 1.37 bits per heavy atom. The summed E-state index contributed by atoms with van der Waals surface area (Å²) in [6.07, 6.45) is 3.69. The number of rotatable bonds is 3. The molecular weight excluding hydrogens is 283 g/mol. The van der Waals surface area contributed by atoms with Gasteiger partial charge < -0.3 is 10.2 Å². The third-order valence-corrected chi connectivity index (χ3v) is 4.41. The molecule has 1 unspecified atom stereocenters. The second-order valence-corrected chi connectivity index (χ2v) is 5.97. The van der Waals surface area contributed by atoms with E-state index in [1.54, 1.807) is 18.2 Å². The van der Waals surface area contributed by atoms with Crippen LogP contribution in [0.1, 0.15) is 26.2 Å². The minimum atomic E-state index is 0.0298. The van der Waals surface area contributed by atoms with Gasteiger partial charge in [0.2, 0.25) is 0 Å². The van der Waals surface area contributed by atoms with Crippen LogP contribution in [0, 0.1) is 0 Å². The average molecular weight is 302 g/mol. The Morgan fingerprint density at radius 3 is 2.84 bits per heavy atom. The Balaban J connectivity index is 1.91. The van der Waals surface area contributed by atoms with Crippen LogP contribution in [0.2, 0.25) is 10.0 Å². The average Bonchev–Trinajstić information content (AvgIpc) is 2.37. The van der Waals surface area contributed by atoms with Gasteiger partial charge in [0, 0.05) is 5.69 Å². The van der Waals surface area contributed by atoms with E-state index in [4.69, 9.17) is 23.2 Å². The van der Waals surface area contributed by atoms with Crippen molar-refractivity contribution in [1.29, 1.82) is 0 Å². The van der Waals surface area contributed by atoms with Crippen molar-refractivity contribution in [2.45, 2.75) is 32.2 Å². The number of nitrogens with one attached hydrogen (secondary N) is 2. The van der Waals surface area contributed by atoms with Gasteiger partial charge in [-0.25, -0.2) is 0 Å². The highest BCUT2D eigenvalue weighted by atomic mass is 35.5. The standard InChI is InChI=1S/C14H18Cl2N2O/c1-10-4-2-3-7-18(10)9-14(19)17-11-5-6-12(15)13(16)8-11/h5-6,8,10H,2-4,7,9H2,1H3,(H,17,19)/p+1/t10-/m0/s1. The fourth-order valence-electron chi connectivity index (χ4n) is 2.50. The number of amides is 1. The van der Waals surface area contributed by atoms with Crippen LogP contribution in [0.3, 0.4) is 0 Å². The first-order valence-electron chi connectivity index (χ1n) is 6.66. The van der Waals surface area contributed by atoms with Crippen LogP contribution < -0.4 is 10.2 Å². The number of benzene rings is 1. The number of hydrogen-bond donors (Lipinski definition) is 2. The molecule has 0 saturated carbocycles. The monoisotopic (exact) mass is 301 g/mol. The van der Waals surface area contributed by atoms with E-state index in [0.29, 0.717) is 28.3 Å². The van der Waals surface area contributed by atoms with Gasteiger partial charge in [0.05, 0.1) is 22.6 Å². The summed E-state index contributed by atoms with van der Waals surface area (Å²) in [6.45, 7) is 3.80. The fraction of sp³-hybridized carbons (Fsp3) is 0.500. The number of hydrogen-bond acceptors (Lipinski definition) is 1. The van der Waals surface area contributed by atoms with E-state index >= 15 is 0 Å². The van der Waals surface area contributed by atoms with Crippen molar-refractivity contribution in [2.75, 3.05) is 18.4 Å². The first-order valence-corrected chi connectivity index (χ1v) is 7.41. The minimum absolute atomic E-state index is 0.0298. The van der Waals surface area contributed by atoms with Gasteiger partial charge in [-0.3, -0.25) is 4.79 Å². The Labute approximate surface area is 123 Å². The van der Waals surface area contributed by atoms with Crippen LogP contribution in [0.15, 0.2) is 18.2 Å². The topological polar surface area (TPSA) is 33.5 Å². The van der Waals surface area contributed by atoms with E-state index < -0.39 is 0 Å². The highest BCUT2D eigenvalue weighted by Gasteiger charge is 2.24. The van der Waals surface area contributed by atoms with Crippen molar-refractivity contribution in [3.05, 3.63) is 28.2 Å². The summed E-state index contributed by atoms with van der Waals surface area (Å²) in [6, 6.07) is 5.70. The second kappa shape index (κ2) is 6.60. The summed E-state index contributed by atoms with van der Waals surface area (Å²) in [4.78, 5) is 13.4. The van der Waals surface area contributed by atoms with Crippen LogP contribution in [0.4, 0.5) is 5.69 Å². The van der Waals surface area contributed by atoms with Crippen molar-refractivity contribution >= 4 is 34.8 Å².